The highest BCUT2D eigenvalue weighted by Crippen LogP contribution is 2.20. The minimum atomic E-state index is -0.330. The third-order valence-corrected chi connectivity index (χ3v) is 4.44. The molecule has 0 amide bonds. The average Bonchev–Trinajstić information content (AvgIpc) is 3.08. The summed E-state index contributed by atoms with van der Waals surface area (Å²) in [5, 5.41) is 3.97. The van der Waals surface area contributed by atoms with E-state index >= 15 is 0 Å². The van der Waals surface area contributed by atoms with E-state index in [9.17, 15) is 4.79 Å². The first-order chi connectivity index (χ1) is 12.1. The van der Waals surface area contributed by atoms with Crippen LogP contribution in [0.1, 0.15) is 35.4 Å². The molecule has 0 spiro atoms. The minimum absolute atomic E-state index is 0.109. The van der Waals surface area contributed by atoms with E-state index in [-0.39, 0.29) is 18.5 Å². The van der Waals surface area contributed by atoms with Crippen LogP contribution in [0.25, 0.3) is 0 Å². The second kappa shape index (κ2) is 8.12. The lowest BCUT2D eigenvalue weighted by Crippen LogP contribution is -2.13. The predicted molar refractivity (Wildman–Crippen MR) is 98.1 cm³/mol. The van der Waals surface area contributed by atoms with Crippen molar-refractivity contribution in [2.45, 2.75) is 25.9 Å². The van der Waals surface area contributed by atoms with Crippen LogP contribution in [0.3, 0.4) is 0 Å². The number of hydrogen-bond donors (Lipinski definition) is 0. The molecule has 0 saturated carbocycles. The smallest absolute Gasteiger partial charge is 0.313 e. The number of ether oxygens (including phenoxy) is 1. The zero-order chi connectivity index (χ0) is 17.6. The van der Waals surface area contributed by atoms with E-state index in [4.69, 9.17) is 9.26 Å². The summed E-state index contributed by atoms with van der Waals surface area (Å²) >= 11 is 3.38. The number of carbonyl (C=O) groups excluding carboxylic acids is 1. The van der Waals surface area contributed by atoms with Gasteiger partial charge in [-0.2, -0.15) is 0 Å². The zero-order valence-electron chi connectivity index (χ0n) is 13.8. The molecule has 0 aliphatic heterocycles. The predicted octanol–water partition coefficient (Wildman–Crippen LogP) is 4.87. The molecule has 3 aromatic rings. The Morgan fingerprint density at radius 2 is 1.88 bits per heavy atom. The Morgan fingerprint density at radius 3 is 2.60 bits per heavy atom. The van der Waals surface area contributed by atoms with Gasteiger partial charge in [-0.15, -0.1) is 0 Å². The normalized spacial score (nSPS) is 11.9. The van der Waals surface area contributed by atoms with Crippen molar-refractivity contribution in [3.05, 3.63) is 87.7 Å². The highest BCUT2D eigenvalue weighted by Gasteiger charge is 2.17. The molecule has 1 heterocycles. The lowest BCUT2D eigenvalue weighted by molar-refractivity contribution is -0.146. The standard InChI is InChI=1S/C20H18BrNO3/c1-14(16-7-9-17(21)10-8-16)20(23)24-13-18-12-19(25-22-18)11-15-5-3-2-4-6-15/h2-10,12,14H,11,13H2,1H3. The summed E-state index contributed by atoms with van der Waals surface area (Å²) in [4.78, 5) is 12.2. The summed E-state index contributed by atoms with van der Waals surface area (Å²) in [6.07, 6.45) is 0.664. The zero-order valence-corrected chi connectivity index (χ0v) is 15.4. The van der Waals surface area contributed by atoms with Crippen LogP contribution in [0, 0.1) is 0 Å². The van der Waals surface area contributed by atoms with Gasteiger partial charge in [-0.05, 0) is 30.2 Å². The van der Waals surface area contributed by atoms with Gasteiger partial charge < -0.3 is 9.26 Å². The average molecular weight is 400 g/mol. The number of rotatable bonds is 6. The molecule has 0 aliphatic rings. The van der Waals surface area contributed by atoms with Crippen molar-refractivity contribution in [3.63, 3.8) is 0 Å². The van der Waals surface area contributed by atoms with Crippen molar-refractivity contribution in [2.24, 2.45) is 0 Å². The van der Waals surface area contributed by atoms with E-state index in [1.165, 1.54) is 0 Å². The number of aromatic nitrogens is 1. The molecule has 1 unspecified atom stereocenters. The molecule has 128 valence electrons. The maximum Gasteiger partial charge on any atom is 0.313 e. The fourth-order valence-corrected chi connectivity index (χ4v) is 2.73. The maximum absolute atomic E-state index is 12.2. The van der Waals surface area contributed by atoms with Crippen LogP contribution in [0.4, 0.5) is 0 Å². The monoisotopic (exact) mass is 399 g/mol. The van der Waals surface area contributed by atoms with E-state index < -0.39 is 0 Å². The van der Waals surface area contributed by atoms with E-state index in [1.54, 1.807) is 0 Å². The summed E-state index contributed by atoms with van der Waals surface area (Å²) < 4.78 is 11.7. The van der Waals surface area contributed by atoms with Crippen LogP contribution in [-0.2, 0) is 22.6 Å². The minimum Gasteiger partial charge on any atom is -0.459 e. The van der Waals surface area contributed by atoms with Gasteiger partial charge in [-0.3, -0.25) is 4.79 Å². The molecular weight excluding hydrogens is 382 g/mol. The molecule has 25 heavy (non-hydrogen) atoms. The van der Waals surface area contributed by atoms with Crippen LogP contribution >= 0.6 is 15.9 Å². The van der Waals surface area contributed by atoms with E-state index in [2.05, 4.69) is 21.1 Å². The summed E-state index contributed by atoms with van der Waals surface area (Å²) in [6.45, 7) is 1.94. The molecule has 4 nitrogen and oxygen atoms in total. The number of carbonyl (C=O) groups is 1. The van der Waals surface area contributed by atoms with Crippen molar-refractivity contribution in [3.8, 4) is 0 Å². The van der Waals surface area contributed by atoms with Crippen molar-refractivity contribution in [2.75, 3.05) is 0 Å². The molecule has 2 aromatic carbocycles. The molecule has 3 rings (SSSR count). The van der Waals surface area contributed by atoms with Gasteiger partial charge in [0.2, 0.25) is 0 Å². The van der Waals surface area contributed by atoms with Crippen LogP contribution in [0.2, 0.25) is 0 Å². The summed E-state index contributed by atoms with van der Waals surface area (Å²) in [5.74, 6) is 0.136. The van der Waals surface area contributed by atoms with Gasteiger partial charge in [0.15, 0.2) is 0 Å². The molecule has 0 bridgehead atoms. The van der Waals surface area contributed by atoms with Crippen molar-refractivity contribution >= 4 is 21.9 Å². The second-order valence-electron chi connectivity index (χ2n) is 5.83. The van der Waals surface area contributed by atoms with Crippen LogP contribution in [0.15, 0.2) is 69.7 Å². The topological polar surface area (TPSA) is 52.3 Å². The van der Waals surface area contributed by atoms with E-state index in [0.29, 0.717) is 12.1 Å². The quantitative estimate of drug-likeness (QED) is 0.554. The molecule has 1 atom stereocenters. The highest BCUT2D eigenvalue weighted by atomic mass is 79.9. The number of hydrogen-bond acceptors (Lipinski definition) is 4. The Labute approximate surface area is 154 Å². The number of nitrogens with zero attached hydrogens (tertiary/aromatic N) is 1. The summed E-state index contributed by atoms with van der Waals surface area (Å²) in [7, 11) is 0. The fraction of sp³-hybridized carbons (Fsp3) is 0.200. The Hall–Kier alpha value is -2.40. The maximum atomic E-state index is 12.2. The third kappa shape index (κ3) is 4.79. The lowest BCUT2D eigenvalue weighted by Gasteiger charge is -2.11. The van der Waals surface area contributed by atoms with Crippen LogP contribution < -0.4 is 0 Å². The van der Waals surface area contributed by atoms with Gasteiger partial charge in [0.1, 0.15) is 18.1 Å². The highest BCUT2D eigenvalue weighted by molar-refractivity contribution is 9.10. The molecule has 1 aromatic heterocycles. The van der Waals surface area contributed by atoms with Gasteiger partial charge in [-0.25, -0.2) is 0 Å². The summed E-state index contributed by atoms with van der Waals surface area (Å²) in [6, 6.07) is 19.5. The first-order valence-electron chi connectivity index (χ1n) is 8.02. The molecule has 0 fully saturated rings. The second-order valence-corrected chi connectivity index (χ2v) is 6.74. The van der Waals surface area contributed by atoms with Gasteiger partial charge in [0.05, 0.1) is 5.92 Å². The van der Waals surface area contributed by atoms with Gasteiger partial charge in [0, 0.05) is 17.0 Å². The molecule has 5 heteroatoms. The first kappa shape index (κ1) is 17.4. The Bertz CT molecular complexity index is 828. The van der Waals surface area contributed by atoms with Gasteiger partial charge >= 0.3 is 5.97 Å². The number of esters is 1. The molecule has 0 saturated heterocycles. The van der Waals surface area contributed by atoms with Crippen LogP contribution in [0.5, 0.6) is 0 Å². The Kier molecular flexibility index (Phi) is 5.66. The lowest BCUT2D eigenvalue weighted by atomic mass is 10.0. The van der Waals surface area contributed by atoms with E-state index in [0.717, 1.165) is 21.4 Å². The number of halogens is 1. The molecule has 0 aliphatic carbocycles. The van der Waals surface area contributed by atoms with Crippen LogP contribution in [-0.4, -0.2) is 11.1 Å². The first-order valence-corrected chi connectivity index (χ1v) is 8.81. The molecule has 0 N–H and O–H groups in total. The third-order valence-electron chi connectivity index (χ3n) is 3.91. The SMILES string of the molecule is CC(C(=O)OCc1cc(Cc2ccccc2)on1)c1ccc(Br)cc1. The Balaban J connectivity index is 1.54. The van der Waals surface area contributed by atoms with Crippen molar-refractivity contribution < 1.29 is 14.1 Å². The van der Waals surface area contributed by atoms with Gasteiger partial charge in [-0.1, -0.05) is 63.6 Å². The summed E-state index contributed by atoms with van der Waals surface area (Å²) in [5.41, 5.74) is 2.67. The molecule has 0 radical (unpaired) electrons. The largest absolute Gasteiger partial charge is 0.459 e. The Morgan fingerprint density at radius 1 is 1.16 bits per heavy atom. The van der Waals surface area contributed by atoms with Gasteiger partial charge in [0.25, 0.3) is 0 Å². The number of benzene rings is 2. The molecular formula is C20H18BrNO3. The van der Waals surface area contributed by atoms with E-state index in [1.807, 2.05) is 67.6 Å². The fourth-order valence-electron chi connectivity index (χ4n) is 2.46. The van der Waals surface area contributed by atoms with Crippen molar-refractivity contribution in [1.82, 2.24) is 5.16 Å². The van der Waals surface area contributed by atoms with Crippen molar-refractivity contribution in [1.29, 1.82) is 0 Å².